The number of nitrogens with zero attached hydrogens (tertiary/aromatic N) is 1. The molecule has 2 aliphatic rings. The van der Waals surface area contributed by atoms with E-state index in [1.165, 1.54) is 0 Å². The summed E-state index contributed by atoms with van der Waals surface area (Å²) in [6.45, 7) is 4.59. The average molecular weight is 284 g/mol. The van der Waals surface area contributed by atoms with Gasteiger partial charge in [0.2, 0.25) is 0 Å². The summed E-state index contributed by atoms with van der Waals surface area (Å²) in [4.78, 5) is 24.6. The third-order valence-electron chi connectivity index (χ3n) is 4.40. The lowest BCUT2D eigenvalue weighted by atomic mass is 9.97. The minimum absolute atomic E-state index is 0.0735. The van der Waals surface area contributed by atoms with E-state index in [0.29, 0.717) is 38.4 Å². The molecule has 0 aromatic rings. The van der Waals surface area contributed by atoms with Crippen LogP contribution < -0.4 is 5.32 Å². The van der Waals surface area contributed by atoms with Gasteiger partial charge in [-0.05, 0) is 25.7 Å². The highest BCUT2D eigenvalue weighted by Gasteiger charge is 2.29. The zero-order valence-electron chi connectivity index (χ0n) is 12.0. The van der Waals surface area contributed by atoms with E-state index in [1.54, 1.807) is 4.90 Å². The molecule has 114 valence electrons. The van der Waals surface area contributed by atoms with Crippen LogP contribution in [-0.2, 0) is 9.53 Å². The van der Waals surface area contributed by atoms with E-state index in [4.69, 9.17) is 9.84 Å². The SMILES string of the molecule is CCC1OCCC1CNC(=O)N1CCC(C(=O)O)CC1. The highest BCUT2D eigenvalue weighted by Crippen LogP contribution is 2.23. The van der Waals surface area contributed by atoms with Crippen LogP contribution in [0, 0.1) is 11.8 Å². The van der Waals surface area contributed by atoms with Gasteiger partial charge in [-0.1, -0.05) is 6.92 Å². The number of nitrogens with one attached hydrogen (secondary N) is 1. The van der Waals surface area contributed by atoms with Gasteiger partial charge in [-0.25, -0.2) is 4.79 Å². The van der Waals surface area contributed by atoms with Crippen LogP contribution in [0.1, 0.15) is 32.6 Å². The summed E-state index contributed by atoms with van der Waals surface area (Å²) in [7, 11) is 0. The molecule has 2 heterocycles. The standard InChI is InChI=1S/C14H24N2O4/c1-2-12-11(5-8-20-12)9-15-14(19)16-6-3-10(4-7-16)13(17)18/h10-12H,2-9H2,1H3,(H,15,19)(H,17,18). The number of carbonyl (C=O) groups excluding carboxylic acids is 1. The monoisotopic (exact) mass is 284 g/mol. The van der Waals surface area contributed by atoms with Crippen LogP contribution in [0.5, 0.6) is 0 Å². The van der Waals surface area contributed by atoms with Crippen LogP contribution >= 0.6 is 0 Å². The van der Waals surface area contributed by atoms with Crippen molar-refractivity contribution in [2.75, 3.05) is 26.2 Å². The first kappa shape index (κ1) is 15.1. The Morgan fingerprint density at radius 2 is 2.00 bits per heavy atom. The molecule has 6 nitrogen and oxygen atoms in total. The number of rotatable bonds is 4. The lowest BCUT2D eigenvalue weighted by Gasteiger charge is -2.30. The average Bonchev–Trinajstić information content (AvgIpc) is 2.92. The molecule has 0 radical (unpaired) electrons. The van der Waals surface area contributed by atoms with Gasteiger partial charge in [0.1, 0.15) is 0 Å². The highest BCUT2D eigenvalue weighted by atomic mass is 16.5. The molecule has 0 saturated carbocycles. The second kappa shape index (κ2) is 6.92. The number of urea groups is 1. The van der Waals surface area contributed by atoms with E-state index >= 15 is 0 Å². The number of carboxylic acid groups (broad SMARTS) is 1. The first-order valence-corrected chi connectivity index (χ1v) is 7.49. The summed E-state index contributed by atoms with van der Waals surface area (Å²) in [5.74, 6) is -0.647. The summed E-state index contributed by atoms with van der Waals surface area (Å²) in [6.07, 6.45) is 3.33. The van der Waals surface area contributed by atoms with Gasteiger partial charge in [0, 0.05) is 32.2 Å². The molecule has 0 aromatic carbocycles. The number of carbonyl (C=O) groups is 2. The number of likely N-dealkylation sites (tertiary alicyclic amines) is 1. The molecule has 2 N–H and O–H groups in total. The molecule has 0 bridgehead atoms. The predicted molar refractivity (Wildman–Crippen MR) is 73.5 cm³/mol. The van der Waals surface area contributed by atoms with Crippen LogP contribution in [0.25, 0.3) is 0 Å². The number of piperidine rings is 1. The van der Waals surface area contributed by atoms with Crippen molar-refractivity contribution in [2.24, 2.45) is 11.8 Å². The van der Waals surface area contributed by atoms with Crippen molar-refractivity contribution in [1.82, 2.24) is 10.2 Å². The highest BCUT2D eigenvalue weighted by molar-refractivity contribution is 5.75. The lowest BCUT2D eigenvalue weighted by molar-refractivity contribution is -0.143. The zero-order valence-corrected chi connectivity index (χ0v) is 12.0. The predicted octanol–water partition coefficient (Wildman–Crippen LogP) is 1.31. The van der Waals surface area contributed by atoms with Gasteiger partial charge in [0.15, 0.2) is 0 Å². The second-order valence-corrected chi connectivity index (χ2v) is 5.65. The molecule has 2 unspecified atom stereocenters. The van der Waals surface area contributed by atoms with E-state index in [1.807, 2.05) is 0 Å². The first-order valence-electron chi connectivity index (χ1n) is 7.49. The quantitative estimate of drug-likeness (QED) is 0.816. The van der Waals surface area contributed by atoms with Crippen molar-refractivity contribution in [1.29, 1.82) is 0 Å². The van der Waals surface area contributed by atoms with Crippen LogP contribution in [-0.4, -0.2) is 54.4 Å². The summed E-state index contributed by atoms with van der Waals surface area (Å²) in [5.41, 5.74) is 0. The summed E-state index contributed by atoms with van der Waals surface area (Å²) in [6, 6.07) is -0.0735. The molecule has 2 rings (SSSR count). The first-order chi connectivity index (χ1) is 9.61. The molecular weight excluding hydrogens is 260 g/mol. The van der Waals surface area contributed by atoms with Gasteiger partial charge in [-0.15, -0.1) is 0 Å². The van der Waals surface area contributed by atoms with Crippen molar-refractivity contribution in [2.45, 2.75) is 38.7 Å². The van der Waals surface area contributed by atoms with Crippen molar-refractivity contribution >= 4 is 12.0 Å². The smallest absolute Gasteiger partial charge is 0.317 e. The van der Waals surface area contributed by atoms with E-state index in [9.17, 15) is 9.59 Å². The Morgan fingerprint density at radius 3 is 2.60 bits per heavy atom. The van der Waals surface area contributed by atoms with Gasteiger partial charge >= 0.3 is 12.0 Å². The molecule has 2 amide bonds. The topological polar surface area (TPSA) is 78.9 Å². The summed E-state index contributed by atoms with van der Waals surface area (Å²) < 4.78 is 5.60. The molecule has 0 aliphatic carbocycles. The lowest BCUT2D eigenvalue weighted by Crippen LogP contribution is -2.47. The molecule has 0 spiro atoms. The van der Waals surface area contributed by atoms with Crippen molar-refractivity contribution in [3.8, 4) is 0 Å². The Bertz CT molecular complexity index is 353. The molecular formula is C14H24N2O4. The second-order valence-electron chi connectivity index (χ2n) is 5.65. The molecule has 2 aliphatic heterocycles. The van der Waals surface area contributed by atoms with E-state index < -0.39 is 5.97 Å². The van der Waals surface area contributed by atoms with Crippen molar-refractivity contribution in [3.05, 3.63) is 0 Å². The van der Waals surface area contributed by atoms with Crippen LogP contribution in [0.2, 0.25) is 0 Å². The fourth-order valence-corrected chi connectivity index (χ4v) is 3.04. The number of amides is 2. The maximum atomic E-state index is 12.1. The third-order valence-corrected chi connectivity index (χ3v) is 4.40. The Morgan fingerprint density at radius 1 is 1.30 bits per heavy atom. The van der Waals surface area contributed by atoms with Crippen LogP contribution in [0.15, 0.2) is 0 Å². The van der Waals surface area contributed by atoms with Gasteiger partial charge in [-0.3, -0.25) is 4.79 Å². The van der Waals surface area contributed by atoms with Crippen LogP contribution in [0.3, 0.4) is 0 Å². The third kappa shape index (κ3) is 3.62. The van der Waals surface area contributed by atoms with Crippen molar-refractivity contribution in [3.63, 3.8) is 0 Å². The Balaban J connectivity index is 1.72. The number of aliphatic carboxylic acids is 1. The van der Waals surface area contributed by atoms with Gasteiger partial charge in [-0.2, -0.15) is 0 Å². The van der Waals surface area contributed by atoms with E-state index in [2.05, 4.69) is 12.2 Å². The fourth-order valence-electron chi connectivity index (χ4n) is 3.04. The molecule has 20 heavy (non-hydrogen) atoms. The minimum Gasteiger partial charge on any atom is -0.481 e. The Labute approximate surface area is 119 Å². The summed E-state index contributed by atoms with van der Waals surface area (Å²) in [5, 5.41) is 11.9. The number of hydrogen-bond donors (Lipinski definition) is 2. The number of carboxylic acids is 1. The zero-order chi connectivity index (χ0) is 14.5. The van der Waals surface area contributed by atoms with E-state index in [-0.39, 0.29) is 18.1 Å². The largest absolute Gasteiger partial charge is 0.481 e. The maximum Gasteiger partial charge on any atom is 0.317 e. The Hall–Kier alpha value is -1.30. The van der Waals surface area contributed by atoms with Gasteiger partial charge in [0.25, 0.3) is 0 Å². The Kier molecular flexibility index (Phi) is 5.23. The molecule has 0 aromatic heterocycles. The minimum atomic E-state index is -0.751. The maximum absolute atomic E-state index is 12.1. The van der Waals surface area contributed by atoms with Gasteiger partial charge in [0.05, 0.1) is 12.0 Å². The van der Waals surface area contributed by atoms with Gasteiger partial charge < -0.3 is 20.1 Å². The molecule has 2 saturated heterocycles. The van der Waals surface area contributed by atoms with Crippen molar-refractivity contribution < 1.29 is 19.4 Å². The summed E-state index contributed by atoms with van der Waals surface area (Å²) >= 11 is 0. The molecule has 2 fully saturated rings. The number of hydrogen-bond acceptors (Lipinski definition) is 3. The normalized spacial score (nSPS) is 27.6. The molecule has 2 atom stereocenters. The van der Waals surface area contributed by atoms with E-state index in [0.717, 1.165) is 19.4 Å². The number of ether oxygens (including phenoxy) is 1. The fraction of sp³-hybridized carbons (Fsp3) is 0.857. The van der Waals surface area contributed by atoms with Crippen LogP contribution in [0.4, 0.5) is 4.79 Å². The molecule has 6 heteroatoms.